The second kappa shape index (κ2) is 28.9. The van der Waals surface area contributed by atoms with E-state index in [-0.39, 0.29) is 25.9 Å². The number of nitrogens with two attached hydrogens (primary N) is 4. The first-order valence-electron chi connectivity index (χ1n) is 25.3. The van der Waals surface area contributed by atoms with E-state index in [0.717, 1.165) is 0 Å². The van der Waals surface area contributed by atoms with E-state index in [1.165, 1.54) is 34.9 Å². The van der Waals surface area contributed by atoms with Crippen LogP contribution in [0.25, 0.3) is 0 Å². The lowest BCUT2D eigenvalue weighted by molar-refractivity contribution is -0.319. The number of guanidine groups is 2. The lowest BCUT2D eigenvalue weighted by Gasteiger charge is -2.49. The predicted octanol–water partition coefficient (Wildman–Crippen LogP) is -9.58. The third-order valence-corrected chi connectivity index (χ3v) is 19.1. The van der Waals surface area contributed by atoms with E-state index < -0.39 is 210 Å². The van der Waals surface area contributed by atoms with E-state index in [1.54, 1.807) is 0 Å². The molecule has 17 N–H and O–H groups in total. The average molecular weight is 1270 g/mol. The zero-order valence-electron chi connectivity index (χ0n) is 44.5. The monoisotopic (exact) mass is 1270 g/mol. The van der Waals surface area contributed by atoms with Crippen LogP contribution < -0.4 is 48.2 Å². The second-order valence-corrected chi connectivity index (χ2v) is 28.6. The van der Waals surface area contributed by atoms with Gasteiger partial charge in [0, 0.05) is 30.7 Å². The molecular formula is C40H71B3N8O24P3S3-3. The van der Waals surface area contributed by atoms with Crippen LogP contribution in [0.2, 0.25) is 0 Å². The van der Waals surface area contributed by atoms with Gasteiger partial charge in [-0.25, -0.2) is 9.98 Å². The predicted molar refractivity (Wildman–Crippen MR) is 288 cm³/mol. The molecule has 1 aliphatic carbocycles. The van der Waals surface area contributed by atoms with Gasteiger partial charge < -0.3 is 144 Å². The summed E-state index contributed by atoms with van der Waals surface area (Å²) in [6.45, 7) is -11.5. The van der Waals surface area contributed by atoms with E-state index in [1.807, 2.05) is 0 Å². The highest BCUT2D eigenvalue weighted by Gasteiger charge is 2.66. The van der Waals surface area contributed by atoms with Crippen molar-refractivity contribution in [3.05, 3.63) is 0 Å². The molecule has 6 rings (SSSR count). The number of likely N-dealkylation sites (N-methyl/N-ethyl adjacent to an activating group) is 1. The largest absolute Gasteiger partial charge is 0.780 e. The highest BCUT2D eigenvalue weighted by molar-refractivity contribution is 8.07. The van der Waals surface area contributed by atoms with Crippen LogP contribution in [-0.2, 0) is 100 Å². The molecule has 27 atom stereocenters. The van der Waals surface area contributed by atoms with Crippen molar-refractivity contribution >= 4 is 91.0 Å². The molecule has 0 aromatic rings. The molecule has 6 radical (unpaired) electrons. The summed E-state index contributed by atoms with van der Waals surface area (Å²) in [6, 6.07) is -7.16. The number of nitrogens with zero attached hydrogens (tertiary/aromatic N) is 2. The molecule has 5 saturated heterocycles. The van der Waals surface area contributed by atoms with Gasteiger partial charge in [-0.2, -0.15) is 0 Å². The first-order valence-corrected chi connectivity index (χ1v) is 32.9. The van der Waals surface area contributed by atoms with Gasteiger partial charge in [0.05, 0.1) is 56.9 Å². The van der Waals surface area contributed by atoms with Gasteiger partial charge in [-0.15, -0.1) is 0 Å². The molecule has 0 spiro atoms. The van der Waals surface area contributed by atoms with Crippen molar-refractivity contribution in [3.8, 4) is 0 Å². The summed E-state index contributed by atoms with van der Waals surface area (Å²) in [7, 11) is 20.7. The van der Waals surface area contributed by atoms with Gasteiger partial charge in [-0.1, -0.05) is 35.4 Å². The molecule has 81 heavy (non-hydrogen) atoms. The quantitative estimate of drug-likeness (QED) is 0.0119. The zero-order chi connectivity index (χ0) is 60.3. The number of aliphatic hydroxyl groups is 7. The van der Waals surface area contributed by atoms with Crippen LogP contribution in [0.15, 0.2) is 9.98 Å². The van der Waals surface area contributed by atoms with Crippen molar-refractivity contribution in [1.82, 2.24) is 10.6 Å². The van der Waals surface area contributed by atoms with Crippen molar-refractivity contribution in [2.45, 2.75) is 191 Å². The van der Waals surface area contributed by atoms with E-state index in [9.17, 15) is 50.4 Å². The van der Waals surface area contributed by atoms with E-state index in [2.05, 4.69) is 20.6 Å². The van der Waals surface area contributed by atoms with Crippen molar-refractivity contribution in [3.63, 3.8) is 0 Å². The van der Waals surface area contributed by atoms with E-state index in [4.69, 9.17) is 147 Å². The van der Waals surface area contributed by atoms with Gasteiger partial charge in [0.25, 0.3) is 0 Å². The summed E-state index contributed by atoms with van der Waals surface area (Å²) in [5.74, 6) is -1.16. The first-order chi connectivity index (χ1) is 37.7. The molecule has 460 valence electrons. The van der Waals surface area contributed by atoms with Crippen LogP contribution in [0.1, 0.15) is 40.0 Å². The molecular weight excluding hydrogens is 1200 g/mol. The van der Waals surface area contributed by atoms with Crippen LogP contribution in [0, 0.1) is 0 Å². The van der Waals surface area contributed by atoms with Crippen molar-refractivity contribution < 1.29 is 115 Å². The fraction of sp³-hybridized carbons (Fsp3) is 0.950. The second-order valence-electron chi connectivity index (χ2n) is 20.5. The van der Waals surface area contributed by atoms with Crippen LogP contribution in [0.5, 0.6) is 0 Å². The number of hydrogen-bond acceptors (Lipinski definition) is 31. The lowest BCUT2D eigenvalue weighted by atomic mass is 9.75. The number of methoxy groups -OCH3 is 1. The molecule has 27 unspecified atom stereocenters. The average Bonchev–Trinajstić information content (AvgIpc) is 4.16. The van der Waals surface area contributed by atoms with Crippen LogP contribution >= 0.6 is 20.2 Å². The topological polar surface area (TPSA) is 493 Å². The smallest absolute Gasteiger partial charge is 0.187 e. The summed E-state index contributed by atoms with van der Waals surface area (Å²) in [4.78, 5) is 48.5. The summed E-state index contributed by atoms with van der Waals surface area (Å²) >= 11 is 15.5. The Morgan fingerprint density at radius 2 is 1.14 bits per heavy atom. The molecule has 41 heteroatoms. The minimum Gasteiger partial charge on any atom is -0.780 e. The molecule has 6 aliphatic rings. The summed E-state index contributed by atoms with van der Waals surface area (Å²) in [6.07, 6.45) is -24.9. The maximum Gasteiger partial charge on any atom is 0.187 e. The minimum absolute atomic E-state index is 0.0537. The molecule has 0 bridgehead atoms. The highest BCUT2D eigenvalue weighted by atomic mass is 32.5. The fourth-order valence-corrected chi connectivity index (χ4v) is 14.5. The van der Waals surface area contributed by atoms with Crippen molar-refractivity contribution in [2.75, 3.05) is 47.3 Å². The number of aliphatic imine (C=N–C) groups is 2. The number of aliphatic hydroxyl groups excluding tert-OH is 6. The molecule has 1 saturated carbocycles. The Kier molecular flexibility index (Phi) is 24.8. The highest BCUT2D eigenvalue weighted by Crippen LogP contribution is 2.50. The van der Waals surface area contributed by atoms with Crippen LogP contribution in [0.4, 0.5) is 0 Å². The Morgan fingerprint density at radius 3 is 1.59 bits per heavy atom. The van der Waals surface area contributed by atoms with Gasteiger partial charge in [-0.3, -0.25) is 5.32 Å². The molecule has 0 aromatic heterocycles. The Hall–Kier alpha value is -0.355. The van der Waals surface area contributed by atoms with Crippen LogP contribution in [-0.4, -0.2) is 270 Å². The third-order valence-electron chi connectivity index (χ3n) is 14.4. The fourth-order valence-electron chi connectivity index (χ4n) is 10.3. The van der Waals surface area contributed by atoms with Gasteiger partial charge in [0.1, 0.15) is 135 Å². The molecule has 6 fully saturated rings. The van der Waals surface area contributed by atoms with Gasteiger partial charge in [-0.05, 0) is 47.1 Å². The van der Waals surface area contributed by atoms with Gasteiger partial charge in [0.15, 0.2) is 24.5 Å². The SMILES string of the molecule is [B]C1CC(OP([O-])(=S)OCC2OC([B])CC2OP([O-])(=S)OCC2OC([B])CC2OP([O-])(=S)OCNC(C)(C)C2(O)C(C)OC(OC3C(O)C(O)C(N=C(N)N)C(O)C3N=C(N)N)C2OC2OC(CO)C(O)C(O)C2NC)C(COC)O1. The Bertz CT molecular complexity index is 2300. The Labute approximate surface area is 486 Å². The normalized spacial score (nSPS) is 43.4. The zero-order valence-corrected chi connectivity index (χ0v) is 49.6. The molecule has 5 aliphatic heterocycles. The number of rotatable bonds is 27. The summed E-state index contributed by atoms with van der Waals surface area (Å²) in [5, 5.41) is 84.5. The Balaban J connectivity index is 1.12. The molecule has 5 heterocycles. The van der Waals surface area contributed by atoms with Crippen molar-refractivity contribution in [2.24, 2.45) is 32.9 Å². The summed E-state index contributed by atoms with van der Waals surface area (Å²) in [5.41, 5.74) is 18.4. The number of nitrogens with one attached hydrogen (secondary N) is 2. The minimum atomic E-state index is -4.58. The number of ether oxygens (including phenoxy) is 8. The van der Waals surface area contributed by atoms with Gasteiger partial charge in [0.2, 0.25) is 0 Å². The van der Waals surface area contributed by atoms with Crippen LogP contribution in [0.3, 0.4) is 0 Å². The lowest BCUT2D eigenvalue weighted by Crippen LogP contribution is -2.71. The molecule has 32 nitrogen and oxygen atoms in total. The first kappa shape index (κ1) is 69.7. The number of hydrogen-bond donors (Lipinski definition) is 13. The van der Waals surface area contributed by atoms with Gasteiger partial charge >= 0.3 is 0 Å². The molecule has 0 amide bonds. The Morgan fingerprint density at radius 1 is 0.667 bits per heavy atom. The summed E-state index contributed by atoms with van der Waals surface area (Å²) < 4.78 is 80.0. The third kappa shape index (κ3) is 17.3. The maximum absolute atomic E-state index is 13.9. The maximum atomic E-state index is 13.9. The van der Waals surface area contributed by atoms with E-state index >= 15 is 0 Å². The standard InChI is InChI=1S/C40H74B3N8O24P3S3/c1-14-40(58,34(72-35-27(48-4)31(56)28(53)18(9-52)70-35)36(66-14)71-33-26(51-38(46)47)29(54)25(50-37(44)45)30(55)32(33)57)39(2,3)49-13-65-78(61,81)75-17-8-24(43)69-21(17)12-64-77(60,80)74-16-7-23(42)68-20(16)11-63-76(59,79)73-15-6-22(41)67-19(15)10-62-5/h14-36,48-49,52-58H,6-13H2,1-5H3,(H,59,79)(H,60,80)(H,61,81)(H4,44,45,50)(H4,46,47,51)/p-3. The molecule has 0 aromatic carbocycles. The van der Waals surface area contributed by atoms with E-state index in [0.29, 0.717) is 0 Å². The van der Waals surface area contributed by atoms with Crippen molar-refractivity contribution in [1.29, 1.82) is 0 Å².